The molecule has 0 aromatic carbocycles. The molecule has 1 aliphatic rings. The molecule has 0 aliphatic carbocycles. The molecule has 0 amide bonds. The van der Waals surface area contributed by atoms with E-state index < -0.39 is 0 Å². The standard InChI is InChI=1S/C15H22N2OS/c1-15(2,3)14-12(4-5-18-14)8-17-9-13-6-11(7-16)10-19-13/h6,10,12,14,17H,4-5,8-9H2,1-3H3/t12-,14+/m1/s1. The first kappa shape index (κ1) is 14.5. The molecule has 1 saturated heterocycles. The van der Waals surface area contributed by atoms with Gasteiger partial charge in [-0.15, -0.1) is 11.3 Å². The predicted octanol–water partition coefficient (Wildman–Crippen LogP) is 3.16. The Kier molecular flexibility index (Phi) is 4.62. The highest BCUT2D eigenvalue weighted by molar-refractivity contribution is 7.10. The van der Waals surface area contributed by atoms with Gasteiger partial charge >= 0.3 is 0 Å². The smallest absolute Gasteiger partial charge is 0.100 e. The first-order valence-electron chi connectivity index (χ1n) is 6.80. The van der Waals surface area contributed by atoms with E-state index >= 15 is 0 Å². The predicted molar refractivity (Wildman–Crippen MR) is 78.0 cm³/mol. The summed E-state index contributed by atoms with van der Waals surface area (Å²) in [5.41, 5.74) is 0.971. The zero-order valence-electron chi connectivity index (χ0n) is 11.9. The van der Waals surface area contributed by atoms with Crippen molar-refractivity contribution >= 4 is 11.3 Å². The van der Waals surface area contributed by atoms with Gasteiger partial charge in [-0.25, -0.2) is 0 Å². The van der Waals surface area contributed by atoms with Gasteiger partial charge in [0.2, 0.25) is 0 Å². The molecule has 1 N–H and O–H groups in total. The Hall–Kier alpha value is -0.890. The first-order chi connectivity index (χ1) is 9.00. The highest BCUT2D eigenvalue weighted by atomic mass is 32.1. The molecule has 0 radical (unpaired) electrons. The maximum atomic E-state index is 8.79. The van der Waals surface area contributed by atoms with Gasteiger partial charge in [0.1, 0.15) is 6.07 Å². The Morgan fingerprint density at radius 1 is 1.53 bits per heavy atom. The van der Waals surface area contributed by atoms with E-state index in [-0.39, 0.29) is 5.41 Å². The van der Waals surface area contributed by atoms with E-state index in [0.717, 1.165) is 31.7 Å². The van der Waals surface area contributed by atoms with Crippen LogP contribution in [-0.4, -0.2) is 19.3 Å². The van der Waals surface area contributed by atoms with Crippen molar-refractivity contribution in [2.24, 2.45) is 11.3 Å². The summed E-state index contributed by atoms with van der Waals surface area (Å²) in [7, 11) is 0. The van der Waals surface area contributed by atoms with Gasteiger partial charge in [-0.05, 0) is 17.9 Å². The van der Waals surface area contributed by atoms with E-state index in [0.29, 0.717) is 12.0 Å². The first-order valence-corrected chi connectivity index (χ1v) is 7.68. The molecule has 2 atom stereocenters. The fourth-order valence-electron chi connectivity index (χ4n) is 2.71. The zero-order valence-corrected chi connectivity index (χ0v) is 12.7. The van der Waals surface area contributed by atoms with Crippen LogP contribution in [0.3, 0.4) is 0 Å². The highest BCUT2D eigenvalue weighted by Crippen LogP contribution is 2.34. The molecule has 2 heterocycles. The van der Waals surface area contributed by atoms with Crippen LogP contribution in [0, 0.1) is 22.7 Å². The molecule has 0 bridgehead atoms. The van der Waals surface area contributed by atoms with E-state index in [1.807, 2.05) is 11.4 Å². The summed E-state index contributed by atoms with van der Waals surface area (Å²) in [6.45, 7) is 9.45. The van der Waals surface area contributed by atoms with Crippen LogP contribution >= 0.6 is 11.3 Å². The van der Waals surface area contributed by atoms with E-state index in [1.165, 1.54) is 4.88 Å². The van der Waals surface area contributed by atoms with E-state index in [9.17, 15) is 0 Å². The average Bonchev–Trinajstić information content (AvgIpc) is 2.96. The molecule has 1 aromatic heterocycles. The number of nitriles is 1. The van der Waals surface area contributed by atoms with Crippen LogP contribution in [0.1, 0.15) is 37.6 Å². The summed E-state index contributed by atoms with van der Waals surface area (Å²) in [5.74, 6) is 0.593. The van der Waals surface area contributed by atoms with Crippen molar-refractivity contribution < 1.29 is 4.74 Å². The van der Waals surface area contributed by atoms with Gasteiger partial charge in [0.25, 0.3) is 0 Å². The quantitative estimate of drug-likeness (QED) is 0.920. The fourth-order valence-corrected chi connectivity index (χ4v) is 3.49. The second-order valence-corrected chi connectivity index (χ2v) is 7.25. The SMILES string of the molecule is CC(C)(C)[C@H]1OCC[C@@H]1CNCc1cc(C#N)cs1. The summed E-state index contributed by atoms with van der Waals surface area (Å²) in [6, 6.07) is 4.13. The molecule has 0 unspecified atom stereocenters. The van der Waals surface area contributed by atoms with Crippen molar-refractivity contribution in [3.63, 3.8) is 0 Å². The number of nitrogens with one attached hydrogen (secondary N) is 1. The number of nitrogens with zero attached hydrogens (tertiary/aromatic N) is 1. The number of hydrogen-bond acceptors (Lipinski definition) is 4. The summed E-state index contributed by atoms with van der Waals surface area (Å²) in [5, 5.41) is 14.2. The Morgan fingerprint density at radius 3 is 2.95 bits per heavy atom. The van der Waals surface area contributed by atoms with Gasteiger partial charge in [0.15, 0.2) is 0 Å². The van der Waals surface area contributed by atoms with E-state index in [1.54, 1.807) is 11.3 Å². The Bertz CT molecular complexity index is 455. The zero-order chi connectivity index (χ0) is 13.9. The summed E-state index contributed by atoms with van der Waals surface area (Å²) in [4.78, 5) is 1.22. The lowest BCUT2D eigenvalue weighted by Gasteiger charge is -2.31. The summed E-state index contributed by atoms with van der Waals surface area (Å²) >= 11 is 1.65. The van der Waals surface area contributed by atoms with Crippen molar-refractivity contribution in [2.75, 3.05) is 13.2 Å². The minimum Gasteiger partial charge on any atom is -0.377 e. The summed E-state index contributed by atoms with van der Waals surface area (Å²) in [6.07, 6.45) is 1.49. The van der Waals surface area contributed by atoms with Gasteiger partial charge in [-0.1, -0.05) is 20.8 Å². The molecule has 4 heteroatoms. The Morgan fingerprint density at radius 2 is 2.32 bits per heavy atom. The number of hydrogen-bond donors (Lipinski definition) is 1. The third-order valence-corrected chi connectivity index (χ3v) is 4.49. The molecule has 19 heavy (non-hydrogen) atoms. The molecule has 0 spiro atoms. The van der Waals surface area contributed by atoms with Crippen LogP contribution < -0.4 is 5.32 Å². The lowest BCUT2D eigenvalue weighted by atomic mass is 9.81. The molecular formula is C15H22N2OS. The van der Waals surface area contributed by atoms with E-state index in [2.05, 4.69) is 32.2 Å². The van der Waals surface area contributed by atoms with Gasteiger partial charge in [0.05, 0.1) is 11.7 Å². The normalized spacial score (nSPS) is 23.5. The van der Waals surface area contributed by atoms with Gasteiger partial charge < -0.3 is 10.1 Å². The second kappa shape index (κ2) is 6.04. The lowest BCUT2D eigenvalue weighted by molar-refractivity contribution is 0.00722. The maximum Gasteiger partial charge on any atom is 0.100 e. The van der Waals surface area contributed by atoms with Crippen LogP contribution in [-0.2, 0) is 11.3 Å². The minimum atomic E-state index is 0.208. The number of ether oxygens (including phenoxy) is 1. The summed E-state index contributed by atoms with van der Waals surface area (Å²) < 4.78 is 5.87. The third kappa shape index (κ3) is 3.79. The van der Waals surface area contributed by atoms with Crippen LogP contribution in [0.15, 0.2) is 11.4 Å². The van der Waals surface area contributed by atoms with Crippen LogP contribution in [0.5, 0.6) is 0 Å². The van der Waals surface area contributed by atoms with Gasteiger partial charge in [0, 0.05) is 35.9 Å². The van der Waals surface area contributed by atoms with Crippen LogP contribution in [0.2, 0.25) is 0 Å². The third-order valence-electron chi connectivity index (χ3n) is 3.56. The molecule has 0 saturated carbocycles. The molecular weight excluding hydrogens is 256 g/mol. The molecule has 2 rings (SSSR count). The van der Waals surface area contributed by atoms with E-state index in [4.69, 9.17) is 10.00 Å². The lowest BCUT2D eigenvalue weighted by Crippen LogP contribution is -2.36. The Labute approximate surface area is 119 Å². The number of thiophene rings is 1. The minimum absolute atomic E-state index is 0.208. The average molecular weight is 278 g/mol. The largest absolute Gasteiger partial charge is 0.377 e. The topological polar surface area (TPSA) is 45.0 Å². The molecule has 1 aliphatic heterocycles. The van der Waals surface area contributed by atoms with Crippen LogP contribution in [0.4, 0.5) is 0 Å². The van der Waals surface area contributed by atoms with Gasteiger partial charge in [-0.3, -0.25) is 0 Å². The Balaban J connectivity index is 1.81. The monoisotopic (exact) mass is 278 g/mol. The van der Waals surface area contributed by atoms with Crippen molar-refractivity contribution in [1.29, 1.82) is 5.26 Å². The van der Waals surface area contributed by atoms with Gasteiger partial charge in [-0.2, -0.15) is 5.26 Å². The molecule has 1 aromatic rings. The highest BCUT2D eigenvalue weighted by Gasteiger charge is 2.36. The van der Waals surface area contributed by atoms with Crippen LogP contribution in [0.25, 0.3) is 0 Å². The fraction of sp³-hybridized carbons (Fsp3) is 0.667. The molecule has 104 valence electrons. The van der Waals surface area contributed by atoms with Crippen molar-refractivity contribution in [3.05, 3.63) is 21.9 Å². The molecule has 1 fully saturated rings. The second-order valence-electron chi connectivity index (χ2n) is 6.25. The van der Waals surface area contributed by atoms with Crippen molar-refractivity contribution in [3.8, 4) is 6.07 Å². The van der Waals surface area contributed by atoms with Crippen molar-refractivity contribution in [2.45, 2.75) is 39.8 Å². The van der Waals surface area contributed by atoms with Crippen molar-refractivity contribution in [1.82, 2.24) is 5.32 Å². The molecule has 3 nitrogen and oxygen atoms in total. The number of rotatable bonds is 4. The maximum absolute atomic E-state index is 8.79.